The molecule has 0 saturated carbocycles. The molecule has 0 unspecified atom stereocenters. The Morgan fingerprint density at radius 3 is 1.83 bits per heavy atom. The van der Waals surface area contributed by atoms with Gasteiger partial charge >= 0.3 is 5.97 Å². The number of benzene rings is 3. The predicted octanol–water partition coefficient (Wildman–Crippen LogP) is 5.34. The molecule has 23 heavy (non-hydrogen) atoms. The van der Waals surface area contributed by atoms with Crippen molar-refractivity contribution in [2.45, 2.75) is 13.8 Å². The molecule has 1 N–H and O–H groups in total. The van der Waals surface area contributed by atoms with Gasteiger partial charge in [0.1, 0.15) is 0 Å². The van der Waals surface area contributed by atoms with Crippen molar-refractivity contribution in [3.63, 3.8) is 0 Å². The SMILES string of the molecule is Cc1c(C(=O)O)cc(-c2ccccc2)c(C)c1-c1ccccc1. The van der Waals surface area contributed by atoms with Crippen LogP contribution in [0.1, 0.15) is 21.5 Å². The number of carboxylic acid groups (broad SMARTS) is 1. The van der Waals surface area contributed by atoms with Crippen LogP contribution >= 0.6 is 0 Å². The molecule has 0 radical (unpaired) electrons. The Kier molecular flexibility index (Phi) is 3.98. The molecule has 2 heteroatoms. The molecule has 2 nitrogen and oxygen atoms in total. The molecule has 0 aliphatic carbocycles. The molecule has 114 valence electrons. The minimum absolute atomic E-state index is 0.355. The summed E-state index contributed by atoms with van der Waals surface area (Å²) in [6.45, 7) is 3.94. The average molecular weight is 302 g/mol. The molecule has 0 saturated heterocycles. The maximum atomic E-state index is 11.7. The summed E-state index contributed by atoms with van der Waals surface area (Å²) >= 11 is 0. The number of hydrogen-bond donors (Lipinski definition) is 1. The molecule has 0 aliphatic heterocycles. The molecular formula is C21H18O2. The Balaban J connectivity index is 2.35. The number of rotatable bonds is 3. The van der Waals surface area contributed by atoms with Crippen LogP contribution in [0.25, 0.3) is 22.3 Å². The lowest BCUT2D eigenvalue weighted by atomic mass is 9.86. The fourth-order valence-electron chi connectivity index (χ4n) is 3.09. The quantitative estimate of drug-likeness (QED) is 0.709. The highest BCUT2D eigenvalue weighted by molar-refractivity contribution is 5.96. The molecule has 0 atom stereocenters. The van der Waals surface area contributed by atoms with Crippen molar-refractivity contribution in [1.82, 2.24) is 0 Å². The van der Waals surface area contributed by atoms with Gasteiger partial charge in [-0.15, -0.1) is 0 Å². The monoisotopic (exact) mass is 302 g/mol. The summed E-state index contributed by atoms with van der Waals surface area (Å²) < 4.78 is 0. The summed E-state index contributed by atoms with van der Waals surface area (Å²) in [6, 6.07) is 21.7. The van der Waals surface area contributed by atoms with Crippen LogP contribution in [0.4, 0.5) is 0 Å². The van der Waals surface area contributed by atoms with Gasteiger partial charge in [-0.3, -0.25) is 0 Å². The highest BCUT2D eigenvalue weighted by Gasteiger charge is 2.18. The molecule has 0 fully saturated rings. The highest BCUT2D eigenvalue weighted by atomic mass is 16.4. The van der Waals surface area contributed by atoms with Gasteiger partial charge in [0.05, 0.1) is 5.56 Å². The van der Waals surface area contributed by atoms with Gasteiger partial charge in [0.25, 0.3) is 0 Å². The second-order valence-electron chi connectivity index (χ2n) is 5.63. The molecule has 0 heterocycles. The van der Waals surface area contributed by atoms with Crippen LogP contribution in [0, 0.1) is 13.8 Å². The van der Waals surface area contributed by atoms with Gasteiger partial charge in [-0.2, -0.15) is 0 Å². The van der Waals surface area contributed by atoms with E-state index in [9.17, 15) is 9.90 Å². The van der Waals surface area contributed by atoms with E-state index < -0.39 is 5.97 Å². The van der Waals surface area contributed by atoms with Crippen LogP contribution in [0.2, 0.25) is 0 Å². The third-order valence-electron chi connectivity index (χ3n) is 4.22. The van der Waals surface area contributed by atoms with E-state index in [0.717, 1.165) is 33.4 Å². The van der Waals surface area contributed by atoms with E-state index in [1.807, 2.05) is 67.6 Å². The van der Waals surface area contributed by atoms with E-state index in [2.05, 4.69) is 6.92 Å². The van der Waals surface area contributed by atoms with Crippen molar-refractivity contribution in [3.05, 3.63) is 83.4 Å². The van der Waals surface area contributed by atoms with Crippen LogP contribution in [-0.2, 0) is 0 Å². The third-order valence-corrected chi connectivity index (χ3v) is 4.22. The van der Waals surface area contributed by atoms with Crippen molar-refractivity contribution in [3.8, 4) is 22.3 Å². The van der Waals surface area contributed by atoms with E-state index in [4.69, 9.17) is 0 Å². The predicted molar refractivity (Wildman–Crippen MR) is 93.7 cm³/mol. The van der Waals surface area contributed by atoms with Crippen LogP contribution in [0.3, 0.4) is 0 Å². The van der Waals surface area contributed by atoms with Crippen LogP contribution < -0.4 is 0 Å². The van der Waals surface area contributed by atoms with Crippen LogP contribution in [0.15, 0.2) is 66.7 Å². The molecule has 0 amide bonds. The van der Waals surface area contributed by atoms with Crippen molar-refractivity contribution >= 4 is 5.97 Å². The van der Waals surface area contributed by atoms with Crippen LogP contribution in [0.5, 0.6) is 0 Å². The summed E-state index contributed by atoms with van der Waals surface area (Å²) in [4.78, 5) is 11.7. The van der Waals surface area contributed by atoms with Gasteiger partial charge in [0, 0.05) is 0 Å². The normalized spacial score (nSPS) is 10.5. The van der Waals surface area contributed by atoms with E-state index in [1.165, 1.54) is 0 Å². The molecular weight excluding hydrogens is 284 g/mol. The Morgan fingerprint density at radius 2 is 1.30 bits per heavy atom. The summed E-state index contributed by atoms with van der Waals surface area (Å²) in [6.07, 6.45) is 0. The van der Waals surface area contributed by atoms with Gasteiger partial charge < -0.3 is 5.11 Å². The van der Waals surface area contributed by atoms with E-state index in [1.54, 1.807) is 6.07 Å². The minimum atomic E-state index is -0.892. The molecule has 0 spiro atoms. The van der Waals surface area contributed by atoms with Gasteiger partial charge in [-0.05, 0) is 53.3 Å². The first kappa shape index (κ1) is 15.0. The molecule has 0 aliphatic rings. The number of carboxylic acids is 1. The first-order chi connectivity index (χ1) is 11.1. The largest absolute Gasteiger partial charge is 0.478 e. The Morgan fingerprint density at radius 1 is 0.783 bits per heavy atom. The Bertz CT molecular complexity index is 850. The lowest BCUT2D eigenvalue weighted by Crippen LogP contribution is -2.04. The van der Waals surface area contributed by atoms with E-state index in [-0.39, 0.29) is 0 Å². The fraction of sp³-hybridized carbons (Fsp3) is 0.0952. The number of hydrogen-bond acceptors (Lipinski definition) is 1. The first-order valence-electron chi connectivity index (χ1n) is 7.58. The van der Waals surface area contributed by atoms with Crippen molar-refractivity contribution in [1.29, 1.82) is 0 Å². The zero-order chi connectivity index (χ0) is 16.4. The fourth-order valence-corrected chi connectivity index (χ4v) is 3.09. The summed E-state index contributed by atoms with van der Waals surface area (Å²) in [5, 5.41) is 9.60. The minimum Gasteiger partial charge on any atom is -0.478 e. The van der Waals surface area contributed by atoms with Crippen molar-refractivity contribution in [2.24, 2.45) is 0 Å². The number of carbonyl (C=O) groups is 1. The molecule has 3 rings (SSSR count). The standard InChI is InChI=1S/C21H18O2/c1-14-18(16-9-5-3-6-10-16)13-19(21(22)23)15(2)20(14)17-11-7-4-8-12-17/h3-13H,1-2H3,(H,22,23). The van der Waals surface area contributed by atoms with Crippen molar-refractivity contribution < 1.29 is 9.90 Å². The van der Waals surface area contributed by atoms with Gasteiger partial charge in [0.15, 0.2) is 0 Å². The maximum absolute atomic E-state index is 11.7. The third kappa shape index (κ3) is 2.76. The summed E-state index contributed by atoms with van der Waals surface area (Å²) in [5.74, 6) is -0.892. The van der Waals surface area contributed by atoms with Crippen LogP contribution in [-0.4, -0.2) is 11.1 Å². The topological polar surface area (TPSA) is 37.3 Å². The van der Waals surface area contributed by atoms with Crippen molar-refractivity contribution in [2.75, 3.05) is 0 Å². The molecule has 0 aromatic heterocycles. The Labute approximate surface area is 136 Å². The van der Waals surface area contributed by atoms with E-state index in [0.29, 0.717) is 5.56 Å². The lowest BCUT2D eigenvalue weighted by molar-refractivity contribution is 0.0696. The molecule has 0 bridgehead atoms. The average Bonchev–Trinajstić information content (AvgIpc) is 2.56. The highest BCUT2D eigenvalue weighted by Crippen LogP contribution is 2.36. The second kappa shape index (κ2) is 6.09. The molecule has 3 aromatic rings. The molecule has 3 aromatic carbocycles. The van der Waals surface area contributed by atoms with Gasteiger partial charge in [0.2, 0.25) is 0 Å². The van der Waals surface area contributed by atoms with Gasteiger partial charge in [-0.1, -0.05) is 60.7 Å². The smallest absolute Gasteiger partial charge is 0.335 e. The summed E-state index contributed by atoms with van der Waals surface area (Å²) in [7, 11) is 0. The summed E-state index contributed by atoms with van der Waals surface area (Å²) in [5.41, 5.74) is 6.31. The number of aromatic carboxylic acids is 1. The zero-order valence-electron chi connectivity index (χ0n) is 13.2. The first-order valence-corrected chi connectivity index (χ1v) is 7.58. The van der Waals surface area contributed by atoms with E-state index >= 15 is 0 Å². The maximum Gasteiger partial charge on any atom is 0.335 e. The zero-order valence-corrected chi connectivity index (χ0v) is 13.2. The lowest BCUT2D eigenvalue weighted by Gasteiger charge is -2.17. The second-order valence-corrected chi connectivity index (χ2v) is 5.63. The Hall–Kier alpha value is -2.87. The van der Waals surface area contributed by atoms with Gasteiger partial charge in [-0.25, -0.2) is 4.79 Å².